The lowest BCUT2D eigenvalue weighted by Crippen LogP contribution is -2.40. The second kappa shape index (κ2) is 11.4. The number of oxime groups is 1. The molecule has 194 valence electrons. The van der Waals surface area contributed by atoms with E-state index in [2.05, 4.69) is 15.1 Å². The summed E-state index contributed by atoms with van der Waals surface area (Å²) in [7, 11) is 1.48. The summed E-state index contributed by atoms with van der Waals surface area (Å²) < 4.78 is 10.4. The number of rotatable bonds is 7. The fraction of sp³-hybridized carbons (Fsp3) is 0.375. The van der Waals surface area contributed by atoms with Gasteiger partial charge < -0.3 is 19.2 Å². The second-order valence-electron chi connectivity index (χ2n) is 8.54. The summed E-state index contributed by atoms with van der Waals surface area (Å²) >= 11 is 20.3. The molecule has 0 aliphatic carbocycles. The van der Waals surface area contributed by atoms with Gasteiger partial charge >= 0.3 is 6.01 Å². The number of piperidine rings is 1. The Bertz CT molecular complexity index is 1290. The number of hydrogen-bond donors (Lipinski definition) is 0. The Morgan fingerprint density at radius 3 is 2.54 bits per heavy atom. The first-order valence-electron chi connectivity index (χ1n) is 11.5. The molecule has 1 saturated heterocycles. The maximum Gasteiger partial charge on any atom is 0.316 e. The van der Waals surface area contributed by atoms with Crippen LogP contribution < -0.4 is 9.47 Å². The molecule has 3 aromatic rings. The number of benzene rings is 1. The van der Waals surface area contributed by atoms with Crippen molar-refractivity contribution in [1.29, 1.82) is 0 Å². The monoisotopic (exact) mass is 581 g/mol. The molecule has 9 nitrogen and oxygen atoms in total. The van der Waals surface area contributed by atoms with Gasteiger partial charge in [0.2, 0.25) is 0 Å². The Labute approximate surface area is 232 Å². The number of amides is 1. The highest BCUT2D eigenvalue weighted by molar-refractivity contribution is 7.10. The minimum Gasteiger partial charge on any atom is -0.481 e. The van der Waals surface area contributed by atoms with Gasteiger partial charge in [0.05, 0.1) is 40.3 Å². The summed E-state index contributed by atoms with van der Waals surface area (Å²) in [6.45, 7) is 1.21. The summed E-state index contributed by atoms with van der Waals surface area (Å²) in [5, 5.41) is 8.63. The van der Waals surface area contributed by atoms with Crippen molar-refractivity contribution in [3.05, 3.63) is 61.2 Å². The molecule has 0 spiro atoms. The number of hydrogen-bond acceptors (Lipinski definition) is 9. The maximum atomic E-state index is 12.6. The van der Waals surface area contributed by atoms with E-state index in [-0.39, 0.29) is 24.4 Å². The third kappa shape index (κ3) is 5.93. The van der Waals surface area contributed by atoms with Crippen LogP contribution in [-0.2, 0) is 9.63 Å². The molecule has 0 bridgehead atoms. The molecule has 1 atom stereocenters. The van der Waals surface area contributed by atoms with E-state index in [0.717, 1.165) is 29.3 Å². The second-order valence-corrected chi connectivity index (χ2v) is 10.7. The van der Waals surface area contributed by atoms with E-state index in [0.29, 0.717) is 45.9 Å². The summed E-state index contributed by atoms with van der Waals surface area (Å²) in [6, 6.07) is 3.53. The first-order valence-corrected chi connectivity index (χ1v) is 13.5. The van der Waals surface area contributed by atoms with Gasteiger partial charge in [0.25, 0.3) is 5.91 Å². The largest absolute Gasteiger partial charge is 0.481 e. The zero-order valence-corrected chi connectivity index (χ0v) is 22.8. The van der Waals surface area contributed by atoms with Crippen LogP contribution >= 0.6 is 46.1 Å². The fourth-order valence-corrected chi connectivity index (χ4v) is 6.31. The van der Waals surface area contributed by atoms with Gasteiger partial charge in [0.1, 0.15) is 5.71 Å². The maximum absolute atomic E-state index is 12.6. The quantitative estimate of drug-likeness (QED) is 0.360. The highest BCUT2D eigenvalue weighted by atomic mass is 35.5. The molecule has 1 amide bonds. The molecule has 13 heteroatoms. The van der Waals surface area contributed by atoms with Crippen LogP contribution in [0.5, 0.6) is 11.8 Å². The lowest BCUT2D eigenvalue weighted by Gasteiger charge is -2.31. The Kier molecular flexibility index (Phi) is 7.99. The number of aromatic nitrogens is 3. The van der Waals surface area contributed by atoms with Crippen molar-refractivity contribution in [3.8, 4) is 11.8 Å². The van der Waals surface area contributed by atoms with E-state index in [9.17, 15) is 4.79 Å². The minimum atomic E-state index is -0.390. The van der Waals surface area contributed by atoms with Crippen LogP contribution in [0.3, 0.4) is 0 Å². The molecule has 0 saturated carbocycles. The van der Waals surface area contributed by atoms with E-state index < -0.39 is 6.10 Å². The van der Waals surface area contributed by atoms with Crippen molar-refractivity contribution >= 4 is 57.8 Å². The smallest absolute Gasteiger partial charge is 0.316 e. The topological polar surface area (TPSA) is 99.0 Å². The van der Waals surface area contributed by atoms with Crippen molar-refractivity contribution in [2.24, 2.45) is 5.16 Å². The molecule has 2 aliphatic rings. The molecule has 2 aromatic heterocycles. The molecule has 1 fully saturated rings. The van der Waals surface area contributed by atoms with Crippen LogP contribution in [0.15, 0.2) is 35.1 Å². The van der Waals surface area contributed by atoms with Gasteiger partial charge in [-0.05, 0) is 25.0 Å². The van der Waals surface area contributed by atoms with Gasteiger partial charge in [-0.1, -0.05) is 40.0 Å². The van der Waals surface area contributed by atoms with Gasteiger partial charge in [0, 0.05) is 41.4 Å². The number of methoxy groups -OCH3 is 1. The molecular formula is C24H22Cl3N5O4S. The Balaban J connectivity index is 1.13. The van der Waals surface area contributed by atoms with Crippen molar-refractivity contribution < 1.29 is 19.1 Å². The van der Waals surface area contributed by atoms with Crippen LogP contribution in [0.4, 0.5) is 0 Å². The standard InChI is InChI=1S/C24H22Cl3N5O4S/c1-34-24-28-9-15(10-29-24)35-11-21(33)32-4-2-13(3-5-32)23-30-19(12-37-23)18-8-20(36-31-18)22-16(26)6-14(25)7-17(22)27/h6-7,9-10,12-13,20H,2-5,8,11H2,1H3. The highest BCUT2D eigenvalue weighted by Crippen LogP contribution is 2.40. The number of carbonyl (C=O) groups is 1. The van der Waals surface area contributed by atoms with Gasteiger partial charge in [-0.3, -0.25) is 4.79 Å². The van der Waals surface area contributed by atoms with Crippen LogP contribution in [0.2, 0.25) is 15.1 Å². The fourth-order valence-electron chi connectivity index (χ4n) is 4.25. The average Bonchev–Trinajstić information content (AvgIpc) is 3.57. The van der Waals surface area contributed by atoms with E-state index >= 15 is 0 Å². The predicted molar refractivity (Wildman–Crippen MR) is 141 cm³/mol. The first kappa shape index (κ1) is 26.0. The zero-order valence-electron chi connectivity index (χ0n) is 19.7. The van der Waals surface area contributed by atoms with Gasteiger partial charge in [-0.15, -0.1) is 11.3 Å². The van der Waals surface area contributed by atoms with Crippen molar-refractivity contribution in [2.45, 2.75) is 31.3 Å². The molecule has 0 N–H and O–H groups in total. The molecule has 5 rings (SSSR count). The third-order valence-corrected chi connectivity index (χ3v) is 8.05. The molecule has 4 heterocycles. The summed E-state index contributed by atoms with van der Waals surface area (Å²) in [4.78, 5) is 32.8. The van der Waals surface area contributed by atoms with Gasteiger partial charge in [-0.25, -0.2) is 4.98 Å². The van der Waals surface area contributed by atoms with Crippen LogP contribution in [0.1, 0.15) is 47.5 Å². The van der Waals surface area contributed by atoms with Crippen LogP contribution in [-0.4, -0.2) is 58.3 Å². The SMILES string of the molecule is COc1ncc(OCC(=O)N2CCC(c3nc(C4=NOC(c5c(Cl)cc(Cl)cc5Cl)C4)cs3)CC2)cn1. The number of likely N-dealkylation sites (tertiary alicyclic amines) is 1. The van der Waals surface area contributed by atoms with Crippen molar-refractivity contribution in [3.63, 3.8) is 0 Å². The van der Waals surface area contributed by atoms with E-state index in [1.165, 1.54) is 19.5 Å². The van der Waals surface area contributed by atoms with Crippen LogP contribution in [0.25, 0.3) is 0 Å². The molecule has 0 radical (unpaired) electrons. The van der Waals surface area contributed by atoms with E-state index in [4.69, 9.17) is 54.1 Å². The Morgan fingerprint density at radius 2 is 1.86 bits per heavy atom. The number of ether oxygens (including phenoxy) is 2. The number of halogens is 3. The lowest BCUT2D eigenvalue weighted by molar-refractivity contribution is -0.134. The lowest BCUT2D eigenvalue weighted by atomic mass is 9.97. The molecule has 37 heavy (non-hydrogen) atoms. The first-order chi connectivity index (χ1) is 17.9. The summed E-state index contributed by atoms with van der Waals surface area (Å²) in [6.07, 6.45) is 4.73. The Morgan fingerprint density at radius 1 is 1.16 bits per heavy atom. The summed E-state index contributed by atoms with van der Waals surface area (Å²) in [5.74, 6) is 0.621. The Hall–Kier alpha value is -2.66. The van der Waals surface area contributed by atoms with Gasteiger partial charge in [0.15, 0.2) is 18.5 Å². The molecule has 1 aromatic carbocycles. The number of nitrogens with zero attached hydrogens (tertiary/aromatic N) is 5. The van der Waals surface area contributed by atoms with Crippen LogP contribution in [0, 0.1) is 0 Å². The predicted octanol–water partition coefficient (Wildman–Crippen LogP) is 5.55. The average molecular weight is 583 g/mol. The van der Waals surface area contributed by atoms with E-state index in [1.807, 2.05) is 10.3 Å². The van der Waals surface area contributed by atoms with Crippen molar-refractivity contribution in [1.82, 2.24) is 19.9 Å². The minimum absolute atomic E-state index is 0.0651. The van der Waals surface area contributed by atoms with E-state index in [1.54, 1.807) is 23.5 Å². The third-order valence-electron chi connectivity index (χ3n) is 6.20. The normalized spacial score (nSPS) is 17.9. The van der Waals surface area contributed by atoms with Crippen molar-refractivity contribution in [2.75, 3.05) is 26.8 Å². The highest BCUT2D eigenvalue weighted by Gasteiger charge is 2.31. The summed E-state index contributed by atoms with van der Waals surface area (Å²) in [5.41, 5.74) is 2.21. The number of carbonyl (C=O) groups excluding carboxylic acids is 1. The molecule has 2 aliphatic heterocycles. The molecule has 1 unspecified atom stereocenters. The van der Waals surface area contributed by atoms with Gasteiger partial charge in [-0.2, -0.15) is 9.97 Å². The zero-order chi connectivity index (χ0) is 25.9. The molecular weight excluding hydrogens is 561 g/mol. The number of thiazole rings is 1.